The van der Waals surface area contributed by atoms with Gasteiger partial charge in [0.15, 0.2) is 0 Å². The van der Waals surface area contributed by atoms with E-state index in [2.05, 4.69) is 37.1 Å². The van der Waals surface area contributed by atoms with Gasteiger partial charge in [-0.2, -0.15) is 0 Å². The zero-order valence-electron chi connectivity index (χ0n) is 10.3. The molecule has 1 aromatic carbocycles. The van der Waals surface area contributed by atoms with Crippen molar-refractivity contribution in [1.29, 1.82) is 0 Å². The van der Waals surface area contributed by atoms with Crippen molar-refractivity contribution < 1.29 is 5.11 Å². The lowest BCUT2D eigenvalue weighted by atomic mass is 9.85. The van der Waals surface area contributed by atoms with Crippen LogP contribution in [0.2, 0.25) is 0 Å². The van der Waals surface area contributed by atoms with Crippen LogP contribution in [0, 0.1) is 30.1 Å². The summed E-state index contributed by atoms with van der Waals surface area (Å²) < 4.78 is 0. The molecule has 0 aliphatic heterocycles. The molecule has 0 heterocycles. The predicted octanol–water partition coefficient (Wildman–Crippen LogP) is 2.89. The fourth-order valence-electron chi connectivity index (χ4n) is 3.02. The quantitative estimate of drug-likeness (QED) is 0.789. The number of benzene rings is 1. The predicted molar refractivity (Wildman–Crippen MR) is 70.4 cm³/mol. The minimum Gasteiger partial charge on any atom is -0.392 e. The molecule has 0 radical (unpaired) electrons. The van der Waals surface area contributed by atoms with Gasteiger partial charge in [0.1, 0.15) is 0 Å². The van der Waals surface area contributed by atoms with E-state index in [1.54, 1.807) is 0 Å². The number of aryl methyl sites for hydroxylation is 1. The second kappa shape index (κ2) is 5.38. The minimum atomic E-state index is -0.296. The summed E-state index contributed by atoms with van der Waals surface area (Å²) in [4.78, 5) is 0. The largest absolute Gasteiger partial charge is 0.392 e. The number of aliphatic hydroxyl groups excluding tert-OH is 1. The lowest BCUT2D eigenvalue weighted by molar-refractivity contribution is 0.144. The van der Waals surface area contributed by atoms with E-state index in [0.717, 1.165) is 19.3 Å². The lowest BCUT2D eigenvalue weighted by Gasteiger charge is -2.19. The summed E-state index contributed by atoms with van der Waals surface area (Å²) in [5, 5.41) is 9.88. The number of hydrogen-bond donors (Lipinski definition) is 1. The van der Waals surface area contributed by atoms with E-state index in [1.807, 2.05) is 6.07 Å². The lowest BCUT2D eigenvalue weighted by Crippen LogP contribution is -2.18. The summed E-state index contributed by atoms with van der Waals surface area (Å²) in [7, 11) is 0. The maximum absolute atomic E-state index is 9.88. The van der Waals surface area contributed by atoms with Crippen LogP contribution < -0.4 is 0 Å². The summed E-state index contributed by atoms with van der Waals surface area (Å²) in [6.07, 6.45) is 8.23. The van der Waals surface area contributed by atoms with Crippen LogP contribution in [0.15, 0.2) is 30.3 Å². The molecule has 0 bridgehead atoms. The van der Waals surface area contributed by atoms with Gasteiger partial charge < -0.3 is 5.11 Å². The standard InChI is InChI=1S/C16H20O/c1-3-14-15(12(2)11-16(14)17)10-9-13-7-5-4-6-8-13/h1,4-8,12,14-17H,9-11H2,2H3/t12-,14+,15-,16+/m0/s1. The first kappa shape index (κ1) is 12.2. The molecule has 4 atom stereocenters. The van der Waals surface area contributed by atoms with Crippen molar-refractivity contribution in [2.24, 2.45) is 17.8 Å². The van der Waals surface area contributed by atoms with Gasteiger partial charge >= 0.3 is 0 Å². The van der Waals surface area contributed by atoms with Gasteiger partial charge in [-0.25, -0.2) is 0 Å². The average molecular weight is 228 g/mol. The molecule has 1 aromatic rings. The van der Waals surface area contributed by atoms with Crippen molar-refractivity contribution in [3.05, 3.63) is 35.9 Å². The molecule has 1 aliphatic rings. The van der Waals surface area contributed by atoms with E-state index in [1.165, 1.54) is 5.56 Å². The topological polar surface area (TPSA) is 20.2 Å². The molecule has 2 rings (SSSR count). The molecule has 17 heavy (non-hydrogen) atoms. The molecule has 90 valence electrons. The molecular formula is C16H20O. The van der Waals surface area contributed by atoms with Gasteiger partial charge in [0, 0.05) is 5.92 Å². The Morgan fingerprint density at radius 2 is 2.06 bits per heavy atom. The Morgan fingerprint density at radius 1 is 1.35 bits per heavy atom. The summed E-state index contributed by atoms with van der Waals surface area (Å²) >= 11 is 0. The van der Waals surface area contributed by atoms with Gasteiger partial charge in [0.2, 0.25) is 0 Å². The van der Waals surface area contributed by atoms with Crippen LogP contribution in [0.4, 0.5) is 0 Å². The smallest absolute Gasteiger partial charge is 0.0682 e. The van der Waals surface area contributed by atoms with Crippen molar-refractivity contribution in [2.45, 2.75) is 32.3 Å². The van der Waals surface area contributed by atoms with Crippen molar-refractivity contribution in [3.63, 3.8) is 0 Å². The Kier molecular flexibility index (Phi) is 3.86. The fourth-order valence-corrected chi connectivity index (χ4v) is 3.02. The van der Waals surface area contributed by atoms with Crippen molar-refractivity contribution in [3.8, 4) is 12.3 Å². The molecule has 0 unspecified atom stereocenters. The first-order valence-corrected chi connectivity index (χ1v) is 6.40. The summed E-state index contributed by atoms with van der Waals surface area (Å²) in [5.41, 5.74) is 1.36. The molecule has 1 saturated carbocycles. The number of hydrogen-bond acceptors (Lipinski definition) is 1. The zero-order chi connectivity index (χ0) is 12.3. The highest BCUT2D eigenvalue weighted by Gasteiger charge is 2.38. The summed E-state index contributed by atoms with van der Waals surface area (Å²) in [6, 6.07) is 10.5. The molecular weight excluding hydrogens is 208 g/mol. The summed E-state index contributed by atoms with van der Waals surface area (Å²) in [5.74, 6) is 3.83. The Labute approximate surface area is 104 Å². The average Bonchev–Trinajstić information content (AvgIpc) is 2.62. The Balaban J connectivity index is 1.97. The molecule has 0 spiro atoms. The normalized spacial score (nSPS) is 32.3. The molecule has 0 amide bonds. The highest BCUT2D eigenvalue weighted by molar-refractivity contribution is 5.15. The van der Waals surface area contributed by atoms with Gasteiger partial charge in [0.05, 0.1) is 6.10 Å². The fraction of sp³-hybridized carbons (Fsp3) is 0.500. The molecule has 1 fully saturated rings. The summed E-state index contributed by atoms with van der Waals surface area (Å²) in [6.45, 7) is 2.20. The third kappa shape index (κ3) is 2.70. The van der Waals surface area contributed by atoms with Crippen LogP contribution in [0.1, 0.15) is 25.3 Å². The first-order chi connectivity index (χ1) is 8.22. The van der Waals surface area contributed by atoms with Crippen LogP contribution in [0.3, 0.4) is 0 Å². The van der Waals surface area contributed by atoms with E-state index in [4.69, 9.17) is 6.42 Å². The molecule has 1 N–H and O–H groups in total. The number of aliphatic hydroxyl groups is 1. The van der Waals surface area contributed by atoms with Gasteiger partial charge in [-0.1, -0.05) is 37.3 Å². The Morgan fingerprint density at radius 3 is 2.71 bits per heavy atom. The molecule has 1 heteroatoms. The van der Waals surface area contributed by atoms with Gasteiger partial charge in [-0.05, 0) is 36.7 Å². The SMILES string of the molecule is C#C[C@@H]1[C@@H](CCc2ccccc2)[C@@H](C)C[C@H]1O. The zero-order valence-corrected chi connectivity index (χ0v) is 10.3. The van der Waals surface area contributed by atoms with Crippen LogP contribution in [0.5, 0.6) is 0 Å². The van der Waals surface area contributed by atoms with Gasteiger partial charge in [-0.15, -0.1) is 12.3 Å². The maximum atomic E-state index is 9.88. The number of rotatable bonds is 3. The van der Waals surface area contributed by atoms with Crippen LogP contribution >= 0.6 is 0 Å². The molecule has 1 aliphatic carbocycles. The van der Waals surface area contributed by atoms with Crippen molar-refractivity contribution >= 4 is 0 Å². The molecule has 0 saturated heterocycles. The molecule has 0 aromatic heterocycles. The molecule has 1 nitrogen and oxygen atoms in total. The maximum Gasteiger partial charge on any atom is 0.0682 e. The third-order valence-electron chi connectivity index (χ3n) is 4.02. The van der Waals surface area contributed by atoms with Crippen LogP contribution in [0.25, 0.3) is 0 Å². The van der Waals surface area contributed by atoms with Crippen molar-refractivity contribution in [1.82, 2.24) is 0 Å². The van der Waals surface area contributed by atoms with Crippen LogP contribution in [-0.2, 0) is 6.42 Å². The van der Waals surface area contributed by atoms with Gasteiger partial charge in [-0.3, -0.25) is 0 Å². The minimum absolute atomic E-state index is 0.0497. The number of terminal acetylenes is 1. The van der Waals surface area contributed by atoms with E-state index in [9.17, 15) is 5.11 Å². The second-order valence-corrected chi connectivity index (χ2v) is 5.16. The van der Waals surface area contributed by atoms with E-state index >= 15 is 0 Å². The highest BCUT2D eigenvalue weighted by Crippen LogP contribution is 2.39. The van der Waals surface area contributed by atoms with E-state index in [-0.39, 0.29) is 12.0 Å². The Bertz CT molecular complexity index is 390. The van der Waals surface area contributed by atoms with Crippen LogP contribution in [-0.4, -0.2) is 11.2 Å². The van der Waals surface area contributed by atoms with E-state index in [0.29, 0.717) is 11.8 Å². The van der Waals surface area contributed by atoms with Gasteiger partial charge in [0.25, 0.3) is 0 Å². The second-order valence-electron chi connectivity index (χ2n) is 5.16. The first-order valence-electron chi connectivity index (χ1n) is 6.40. The third-order valence-corrected chi connectivity index (χ3v) is 4.02. The van der Waals surface area contributed by atoms with E-state index < -0.39 is 0 Å². The Hall–Kier alpha value is -1.26. The highest BCUT2D eigenvalue weighted by atomic mass is 16.3. The van der Waals surface area contributed by atoms with Crippen molar-refractivity contribution in [2.75, 3.05) is 0 Å². The monoisotopic (exact) mass is 228 g/mol.